The van der Waals surface area contributed by atoms with Crippen LogP contribution in [0.4, 0.5) is 5.69 Å². The van der Waals surface area contributed by atoms with E-state index in [4.69, 9.17) is 9.47 Å². The van der Waals surface area contributed by atoms with Crippen molar-refractivity contribution in [2.24, 2.45) is 0 Å². The van der Waals surface area contributed by atoms with Crippen LogP contribution in [0.1, 0.15) is 19.4 Å². The molecule has 0 fully saturated rings. The molecule has 0 amide bonds. The largest absolute Gasteiger partial charge is 0.491 e. The number of nitrogens with zero attached hydrogens (tertiary/aromatic N) is 1. The van der Waals surface area contributed by atoms with E-state index in [0.29, 0.717) is 17.9 Å². The van der Waals surface area contributed by atoms with Crippen molar-refractivity contribution in [2.45, 2.75) is 26.3 Å². The van der Waals surface area contributed by atoms with Crippen LogP contribution in [-0.2, 0) is 9.53 Å². The number of methoxy groups -OCH3 is 1. The lowest BCUT2D eigenvalue weighted by Gasteiger charge is -2.27. The monoisotopic (exact) mass is 296 g/mol. The highest BCUT2D eigenvalue weighted by atomic mass is 16.6. The Hall–Kier alpha value is -2.15. The van der Waals surface area contributed by atoms with E-state index < -0.39 is 16.4 Å². The van der Waals surface area contributed by atoms with Gasteiger partial charge in [-0.3, -0.25) is 15.4 Å². The maximum absolute atomic E-state index is 11.8. The minimum atomic E-state index is -1.01. The molecule has 7 heteroatoms. The lowest BCUT2D eigenvalue weighted by atomic mass is 10.0. The number of carbonyl (C=O) groups excluding carboxylic acids is 1. The summed E-state index contributed by atoms with van der Waals surface area (Å²) in [6.45, 7) is 5.70. The molecule has 0 aromatic heterocycles. The summed E-state index contributed by atoms with van der Waals surface area (Å²) in [4.78, 5) is 22.3. The highest BCUT2D eigenvalue weighted by molar-refractivity contribution is 5.80. The Morgan fingerprint density at radius 3 is 2.67 bits per heavy atom. The normalized spacial score (nSPS) is 13.3. The second-order valence-corrected chi connectivity index (χ2v) is 4.80. The first-order chi connectivity index (χ1) is 9.85. The van der Waals surface area contributed by atoms with Gasteiger partial charge in [0, 0.05) is 6.07 Å². The summed E-state index contributed by atoms with van der Waals surface area (Å²) in [7, 11) is 1.30. The summed E-state index contributed by atoms with van der Waals surface area (Å²) in [6.07, 6.45) is 0. The SMILES string of the molecule is CCNC(C)(COc1cccc([N+](=O)[O-])c1C)C(=O)OC. The molecule has 1 aromatic carbocycles. The van der Waals surface area contributed by atoms with Crippen LogP contribution in [0.25, 0.3) is 0 Å². The number of hydrogen-bond donors (Lipinski definition) is 1. The van der Waals surface area contributed by atoms with Gasteiger partial charge in [0.05, 0.1) is 17.6 Å². The summed E-state index contributed by atoms with van der Waals surface area (Å²) in [5, 5.41) is 13.9. The number of nitro benzene ring substituents is 1. The molecule has 1 aromatic rings. The zero-order chi connectivity index (χ0) is 16.0. The predicted octanol–water partition coefficient (Wildman–Crippen LogP) is 1.82. The fourth-order valence-electron chi connectivity index (χ4n) is 1.98. The van der Waals surface area contributed by atoms with Gasteiger partial charge in [-0.05, 0) is 26.5 Å². The minimum Gasteiger partial charge on any atom is -0.491 e. The number of nitrogens with one attached hydrogen (secondary N) is 1. The summed E-state index contributed by atoms with van der Waals surface area (Å²) >= 11 is 0. The third kappa shape index (κ3) is 3.91. The summed E-state index contributed by atoms with van der Waals surface area (Å²) in [6, 6.07) is 4.58. The molecule has 0 saturated carbocycles. The molecule has 0 radical (unpaired) electrons. The first-order valence-corrected chi connectivity index (χ1v) is 6.56. The third-order valence-corrected chi connectivity index (χ3v) is 3.17. The van der Waals surface area contributed by atoms with Gasteiger partial charge < -0.3 is 9.47 Å². The molecule has 1 unspecified atom stereocenters. The maximum atomic E-state index is 11.8. The first kappa shape index (κ1) is 16.9. The van der Waals surface area contributed by atoms with E-state index in [2.05, 4.69) is 5.32 Å². The van der Waals surface area contributed by atoms with Crippen molar-refractivity contribution in [1.82, 2.24) is 5.32 Å². The van der Waals surface area contributed by atoms with Crippen molar-refractivity contribution in [3.8, 4) is 5.75 Å². The number of carbonyl (C=O) groups is 1. The fourth-order valence-corrected chi connectivity index (χ4v) is 1.98. The fraction of sp³-hybridized carbons (Fsp3) is 0.500. The van der Waals surface area contributed by atoms with E-state index >= 15 is 0 Å². The molecule has 0 bridgehead atoms. The van der Waals surface area contributed by atoms with Gasteiger partial charge in [-0.25, -0.2) is 4.79 Å². The molecule has 1 atom stereocenters. The summed E-state index contributed by atoms with van der Waals surface area (Å²) in [5.41, 5.74) is -0.609. The Labute approximate surface area is 123 Å². The van der Waals surface area contributed by atoms with Crippen LogP contribution in [0, 0.1) is 17.0 Å². The van der Waals surface area contributed by atoms with Crippen LogP contribution in [0.15, 0.2) is 18.2 Å². The predicted molar refractivity (Wildman–Crippen MR) is 77.4 cm³/mol. The Morgan fingerprint density at radius 2 is 2.14 bits per heavy atom. The van der Waals surface area contributed by atoms with Gasteiger partial charge in [0.15, 0.2) is 0 Å². The Morgan fingerprint density at radius 1 is 1.48 bits per heavy atom. The Balaban J connectivity index is 2.93. The summed E-state index contributed by atoms with van der Waals surface area (Å²) in [5.74, 6) is -0.0790. The lowest BCUT2D eigenvalue weighted by Crippen LogP contribution is -2.54. The number of esters is 1. The number of nitro groups is 1. The molecule has 0 spiro atoms. The van der Waals surface area contributed by atoms with Crippen LogP contribution in [0.5, 0.6) is 5.75 Å². The zero-order valence-corrected chi connectivity index (χ0v) is 12.6. The van der Waals surface area contributed by atoms with Crippen molar-refractivity contribution in [2.75, 3.05) is 20.3 Å². The summed E-state index contributed by atoms with van der Waals surface area (Å²) < 4.78 is 10.4. The van der Waals surface area contributed by atoms with Crippen LogP contribution in [0.3, 0.4) is 0 Å². The van der Waals surface area contributed by atoms with E-state index in [1.54, 1.807) is 26.0 Å². The third-order valence-electron chi connectivity index (χ3n) is 3.17. The quantitative estimate of drug-likeness (QED) is 0.469. The van der Waals surface area contributed by atoms with Crippen molar-refractivity contribution in [1.29, 1.82) is 0 Å². The van der Waals surface area contributed by atoms with E-state index in [9.17, 15) is 14.9 Å². The van der Waals surface area contributed by atoms with Crippen molar-refractivity contribution < 1.29 is 19.2 Å². The second-order valence-electron chi connectivity index (χ2n) is 4.80. The van der Waals surface area contributed by atoms with Crippen molar-refractivity contribution in [3.05, 3.63) is 33.9 Å². The highest BCUT2D eigenvalue weighted by Crippen LogP contribution is 2.27. The van der Waals surface area contributed by atoms with Gasteiger partial charge in [-0.15, -0.1) is 0 Å². The maximum Gasteiger partial charge on any atom is 0.329 e. The molecular formula is C14H20N2O5. The molecule has 0 saturated heterocycles. The van der Waals surface area contributed by atoms with E-state index in [1.807, 2.05) is 6.92 Å². The lowest BCUT2D eigenvalue weighted by molar-refractivity contribution is -0.385. The molecular weight excluding hydrogens is 276 g/mol. The average Bonchev–Trinajstić information content (AvgIpc) is 2.45. The van der Waals surface area contributed by atoms with Crippen molar-refractivity contribution >= 4 is 11.7 Å². The van der Waals surface area contributed by atoms with Crippen LogP contribution >= 0.6 is 0 Å². The average molecular weight is 296 g/mol. The topological polar surface area (TPSA) is 90.7 Å². The van der Waals surface area contributed by atoms with Gasteiger partial charge in [0.1, 0.15) is 17.9 Å². The smallest absolute Gasteiger partial charge is 0.329 e. The van der Waals surface area contributed by atoms with E-state index in [1.165, 1.54) is 13.2 Å². The van der Waals surface area contributed by atoms with Gasteiger partial charge in [0.2, 0.25) is 0 Å². The van der Waals surface area contributed by atoms with Gasteiger partial charge in [-0.1, -0.05) is 13.0 Å². The molecule has 1 rings (SSSR count). The molecule has 21 heavy (non-hydrogen) atoms. The molecule has 0 heterocycles. The molecule has 116 valence electrons. The van der Waals surface area contributed by atoms with Gasteiger partial charge >= 0.3 is 5.97 Å². The number of hydrogen-bond acceptors (Lipinski definition) is 6. The van der Waals surface area contributed by atoms with Crippen LogP contribution in [0.2, 0.25) is 0 Å². The molecule has 0 aliphatic rings. The van der Waals surface area contributed by atoms with Gasteiger partial charge in [0.25, 0.3) is 5.69 Å². The van der Waals surface area contributed by atoms with E-state index in [0.717, 1.165) is 0 Å². The Kier molecular flexibility index (Phi) is 5.66. The Bertz CT molecular complexity index is 532. The van der Waals surface area contributed by atoms with Crippen molar-refractivity contribution in [3.63, 3.8) is 0 Å². The molecule has 0 aliphatic carbocycles. The van der Waals surface area contributed by atoms with Crippen LogP contribution in [-0.4, -0.2) is 36.7 Å². The van der Waals surface area contributed by atoms with Gasteiger partial charge in [-0.2, -0.15) is 0 Å². The highest BCUT2D eigenvalue weighted by Gasteiger charge is 2.34. The molecule has 1 N–H and O–H groups in total. The van der Waals surface area contributed by atoms with E-state index in [-0.39, 0.29) is 12.3 Å². The number of benzene rings is 1. The number of likely N-dealkylation sites (N-methyl/N-ethyl adjacent to an activating group) is 1. The molecule has 0 aliphatic heterocycles. The minimum absolute atomic E-state index is 0.00945. The molecule has 7 nitrogen and oxygen atoms in total. The standard InChI is InChI=1S/C14H20N2O5/c1-5-15-14(3,13(17)20-4)9-21-12-8-6-7-11(10(12)2)16(18)19/h6-8,15H,5,9H2,1-4H3. The number of ether oxygens (including phenoxy) is 2. The second kappa shape index (κ2) is 7.03. The zero-order valence-electron chi connectivity index (χ0n) is 12.6. The number of rotatable bonds is 7. The first-order valence-electron chi connectivity index (χ1n) is 6.56. The van der Waals surface area contributed by atoms with Crippen LogP contribution < -0.4 is 10.1 Å².